The van der Waals surface area contributed by atoms with Gasteiger partial charge in [-0.05, 0) is 31.0 Å². The van der Waals surface area contributed by atoms with Crippen molar-refractivity contribution in [2.24, 2.45) is 0 Å². The first-order valence-electron chi connectivity index (χ1n) is 6.61. The second-order valence-corrected chi connectivity index (χ2v) is 5.71. The molecule has 0 aromatic heterocycles. The molecule has 21 heavy (non-hydrogen) atoms. The maximum atomic E-state index is 12.7. The molecule has 0 bridgehead atoms. The van der Waals surface area contributed by atoms with Crippen LogP contribution in [-0.2, 0) is 0 Å². The van der Waals surface area contributed by atoms with Gasteiger partial charge in [0.1, 0.15) is 6.54 Å². The van der Waals surface area contributed by atoms with Gasteiger partial charge in [-0.2, -0.15) is 13.2 Å². The Bertz CT molecular complexity index is 481. The lowest BCUT2D eigenvalue weighted by Gasteiger charge is -2.31. The molecule has 2 N–H and O–H groups in total. The minimum absolute atomic E-state index is 0.151. The molecule has 0 fully saturated rings. The van der Waals surface area contributed by atoms with Crippen LogP contribution in [-0.4, -0.2) is 29.6 Å². The first-order chi connectivity index (χ1) is 9.67. The second-order valence-electron chi connectivity index (χ2n) is 4.79. The van der Waals surface area contributed by atoms with Gasteiger partial charge in [-0.1, -0.05) is 29.8 Å². The van der Waals surface area contributed by atoms with E-state index in [1.54, 1.807) is 19.9 Å². The van der Waals surface area contributed by atoms with E-state index in [1.165, 1.54) is 12.1 Å². The zero-order valence-electron chi connectivity index (χ0n) is 11.9. The first kappa shape index (κ1) is 17.8. The number of anilines is 1. The third-order valence-corrected chi connectivity index (χ3v) is 3.62. The highest BCUT2D eigenvalue weighted by Crippen LogP contribution is 2.24. The van der Waals surface area contributed by atoms with Crippen molar-refractivity contribution in [2.45, 2.75) is 38.9 Å². The molecule has 7 heteroatoms. The molecule has 118 valence electrons. The van der Waals surface area contributed by atoms with Crippen LogP contribution >= 0.6 is 15.9 Å². The van der Waals surface area contributed by atoms with E-state index in [-0.39, 0.29) is 5.56 Å². The number of halogens is 4. The molecule has 0 aliphatic rings. The maximum absolute atomic E-state index is 12.7. The highest BCUT2D eigenvalue weighted by atomic mass is 79.9. The van der Waals surface area contributed by atoms with Gasteiger partial charge in [0, 0.05) is 21.8 Å². The van der Waals surface area contributed by atoms with Gasteiger partial charge < -0.3 is 10.6 Å². The second kappa shape index (κ2) is 7.15. The van der Waals surface area contributed by atoms with Crippen molar-refractivity contribution in [3.8, 4) is 0 Å². The molecule has 1 aromatic rings. The monoisotopic (exact) mass is 366 g/mol. The summed E-state index contributed by atoms with van der Waals surface area (Å²) in [6, 6.07) is 3.99. The van der Waals surface area contributed by atoms with Crippen molar-refractivity contribution >= 4 is 27.5 Å². The van der Waals surface area contributed by atoms with E-state index in [0.717, 1.165) is 4.90 Å². The number of rotatable bonds is 5. The van der Waals surface area contributed by atoms with E-state index in [2.05, 4.69) is 15.9 Å². The average molecular weight is 367 g/mol. The smallest absolute Gasteiger partial charge is 0.399 e. The van der Waals surface area contributed by atoms with Gasteiger partial charge in [0.15, 0.2) is 0 Å². The van der Waals surface area contributed by atoms with Gasteiger partial charge in [0.05, 0.1) is 0 Å². The lowest BCUT2D eigenvalue weighted by molar-refractivity contribution is -0.144. The summed E-state index contributed by atoms with van der Waals surface area (Å²) in [5, 5.41) is 0. The van der Waals surface area contributed by atoms with Gasteiger partial charge in [-0.15, -0.1) is 0 Å². The van der Waals surface area contributed by atoms with Crippen molar-refractivity contribution in [3.63, 3.8) is 0 Å². The Balaban J connectivity index is 3.14. The zero-order chi connectivity index (χ0) is 16.2. The summed E-state index contributed by atoms with van der Waals surface area (Å²) in [6.45, 7) is 2.27. The van der Waals surface area contributed by atoms with E-state index in [9.17, 15) is 18.0 Å². The van der Waals surface area contributed by atoms with E-state index in [1.807, 2.05) is 0 Å². The number of nitrogens with zero attached hydrogens (tertiary/aromatic N) is 1. The Hall–Kier alpha value is -1.24. The molecular weight excluding hydrogens is 349 g/mol. The largest absolute Gasteiger partial charge is 0.406 e. The van der Waals surface area contributed by atoms with Gasteiger partial charge in [0.2, 0.25) is 0 Å². The Morgan fingerprint density at radius 1 is 1.29 bits per heavy atom. The number of hydrogen-bond donors (Lipinski definition) is 1. The minimum atomic E-state index is -4.43. The van der Waals surface area contributed by atoms with E-state index in [4.69, 9.17) is 5.73 Å². The molecule has 1 aromatic carbocycles. The number of carbonyl (C=O) groups is 1. The SMILES string of the molecule is CCC(CC)N(CC(F)(F)F)C(=O)c1cc(N)cc(Br)c1. The molecule has 1 amide bonds. The number of hydrogen-bond acceptors (Lipinski definition) is 2. The van der Waals surface area contributed by atoms with Crippen LogP contribution in [0.1, 0.15) is 37.0 Å². The van der Waals surface area contributed by atoms with Gasteiger partial charge in [0.25, 0.3) is 5.91 Å². The molecule has 0 aliphatic heterocycles. The molecule has 0 atom stereocenters. The predicted molar refractivity (Wildman–Crippen MR) is 80.0 cm³/mol. The number of alkyl halides is 3. The average Bonchev–Trinajstić information content (AvgIpc) is 2.35. The number of nitrogen functional groups attached to an aromatic ring is 1. The standard InChI is InChI=1S/C14H18BrF3N2O/c1-3-12(4-2)20(8-14(16,17)18)13(21)9-5-10(15)7-11(19)6-9/h5-7,12H,3-4,8,19H2,1-2H3. The van der Waals surface area contributed by atoms with Crippen molar-refractivity contribution < 1.29 is 18.0 Å². The Morgan fingerprint density at radius 3 is 2.29 bits per heavy atom. The third kappa shape index (κ3) is 5.22. The first-order valence-corrected chi connectivity index (χ1v) is 7.41. The molecule has 0 unspecified atom stereocenters. The summed E-state index contributed by atoms with van der Waals surface area (Å²) in [4.78, 5) is 13.3. The number of carbonyl (C=O) groups excluding carboxylic acids is 1. The summed E-state index contributed by atoms with van der Waals surface area (Å²) in [7, 11) is 0. The van der Waals surface area contributed by atoms with Crippen LogP contribution in [0.25, 0.3) is 0 Å². The van der Waals surface area contributed by atoms with Crippen molar-refractivity contribution in [1.82, 2.24) is 4.90 Å². The van der Waals surface area contributed by atoms with Gasteiger partial charge >= 0.3 is 6.18 Å². The van der Waals surface area contributed by atoms with Crippen LogP contribution in [0.4, 0.5) is 18.9 Å². The van der Waals surface area contributed by atoms with Crippen LogP contribution in [0.15, 0.2) is 22.7 Å². The molecule has 0 spiro atoms. The quantitative estimate of drug-likeness (QED) is 0.792. The van der Waals surface area contributed by atoms with Crippen molar-refractivity contribution in [2.75, 3.05) is 12.3 Å². The summed E-state index contributed by atoms with van der Waals surface area (Å²) in [6.07, 6.45) is -3.51. The Morgan fingerprint density at radius 2 is 1.86 bits per heavy atom. The topological polar surface area (TPSA) is 46.3 Å². The van der Waals surface area contributed by atoms with Gasteiger partial charge in [-0.3, -0.25) is 4.79 Å². The lowest BCUT2D eigenvalue weighted by Crippen LogP contribution is -2.45. The fourth-order valence-electron chi connectivity index (χ4n) is 2.19. The Labute approximate surface area is 130 Å². The molecule has 0 saturated heterocycles. The van der Waals surface area contributed by atoms with E-state index < -0.39 is 24.7 Å². The number of nitrogens with two attached hydrogens (primary N) is 1. The number of amides is 1. The van der Waals surface area contributed by atoms with E-state index in [0.29, 0.717) is 23.0 Å². The molecule has 0 radical (unpaired) electrons. The van der Waals surface area contributed by atoms with Crippen LogP contribution in [0.5, 0.6) is 0 Å². The molecular formula is C14H18BrF3N2O. The molecule has 3 nitrogen and oxygen atoms in total. The highest BCUT2D eigenvalue weighted by molar-refractivity contribution is 9.10. The van der Waals surface area contributed by atoms with Gasteiger partial charge in [-0.25, -0.2) is 0 Å². The summed E-state index contributed by atoms with van der Waals surface area (Å²) < 4.78 is 38.8. The van der Waals surface area contributed by atoms with Crippen molar-refractivity contribution in [1.29, 1.82) is 0 Å². The van der Waals surface area contributed by atoms with E-state index >= 15 is 0 Å². The van der Waals surface area contributed by atoms with Crippen LogP contribution in [0, 0.1) is 0 Å². The summed E-state index contributed by atoms with van der Waals surface area (Å²) in [5.74, 6) is -0.658. The minimum Gasteiger partial charge on any atom is -0.399 e. The molecule has 0 saturated carbocycles. The predicted octanol–water partition coefficient (Wildman–Crippen LogP) is 4.22. The fourth-order valence-corrected chi connectivity index (χ4v) is 2.70. The Kier molecular flexibility index (Phi) is 6.07. The highest BCUT2D eigenvalue weighted by Gasteiger charge is 2.36. The number of benzene rings is 1. The summed E-state index contributed by atoms with van der Waals surface area (Å²) >= 11 is 3.19. The molecule has 0 heterocycles. The molecule has 0 aliphatic carbocycles. The maximum Gasteiger partial charge on any atom is 0.406 e. The third-order valence-electron chi connectivity index (χ3n) is 3.16. The molecule has 1 rings (SSSR count). The summed E-state index contributed by atoms with van der Waals surface area (Å²) in [5.41, 5.74) is 6.12. The van der Waals surface area contributed by atoms with Crippen LogP contribution < -0.4 is 5.73 Å². The lowest BCUT2D eigenvalue weighted by atomic mass is 10.1. The normalized spacial score (nSPS) is 11.8. The fraction of sp³-hybridized carbons (Fsp3) is 0.500. The van der Waals surface area contributed by atoms with Crippen LogP contribution in [0.3, 0.4) is 0 Å². The zero-order valence-corrected chi connectivity index (χ0v) is 13.5. The van der Waals surface area contributed by atoms with Crippen LogP contribution in [0.2, 0.25) is 0 Å². The van der Waals surface area contributed by atoms with Crippen molar-refractivity contribution in [3.05, 3.63) is 28.2 Å².